The predicted molar refractivity (Wildman–Crippen MR) is 140 cm³/mol. The molecule has 0 radical (unpaired) electrons. The lowest BCUT2D eigenvalue weighted by Crippen LogP contribution is -2.29. The molecule has 2 N–H and O–H groups in total. The Morgan fingerprint density at radius 3 is 2.40 bits per heavy atom. The Bertz CT molecular complexity index is 1680. The second kappa shape index (κ2) is 9.84. The molecule has 0 spiro atoms. The standard InChI is InChI=1S/C26H22BrF3N2O8/c1-36-14-5-10-6-15(40-20(10)22(38-3)21(14)37-2)24(34)32-9-11(8-27)16-12(32)7-13(33)19-17(16)18(25(35)39-4)23(31-19)26(28,29)30/h5-7,11,31,33H,8-9H2,1-4H3/t11-/m1/s1. The van der Waals surface area contributed by atoms with Crippen LogP contribution in [0.2, 0.25) is 0 Å². The Labute approximate surface area is 232 Å². The average molecular weight is 627 g/mol. The lowest BCUT2D eigenvalue weighted by atomic mass is 9.95. The maximum Gasteiger partial charge on any atom is 0.432 e. The van der Waals surface area contributed by atoms with E-state index in [1.54, 1.807) is 6.07 Å². The minimum absolute atomic E-state index is 0.0198. The van der Waals surface area contributed by atoms with Crippen molar-refractivity contribution in [2.45, 2.75) is 12.1 Å². The van der Waals surface area contributed by atoms with Crippen molar-refractivity contribution >= 4 is 55.4 Å². The molecule has 0 bridgehead atoms. The number of aromatic amines is 1. The number of methoxy groups -OCH3 is 4. The molecule has 4 aromatic rings. The molecule has 10 nitrogen and oxygen atoms in total. The molecule has 212 valence electrons. The molecule has 0 saturated carbocycles. The van der Waals surface area contributed by atoms with E-state index in [0.717, 1.165) is 7.11 Å². The van der Waals surface area contributed by atoms with Gasteiger partial charge in [-0.2, -0.15) is 13.2 Å². The van der Waals surface area contributed by atoms with Gasteiger partial charge >= 0.3 is 12.1 Å². The van der Waals surface area contributed by atoms with Crippen molar-refractivity contribution in [3.05, 3.63) is 40.8 Å². The molecule has 3 heterocycles. The molecule has 0 fully saturated rings. The number of amides is 1. The van der Waals surface area contributed by atoms with Gasteiger partial charge in [-0.1, -0.05) is 15.9 Å². The van der Waals surface area contributed by atoms with Crippen molar-refractivity contribution in [1.82, 2.24) is 4.98 Å². The highest BCUT2D eigenvalue weighted by molar-refractivity contribution is 9.09. The maximum absolute atomic E-state index is 13.9. The van der Waals surface area contributed by atoms with Gasteiger partial charge in [0.1, 0.15) is 11.4 Å². The van der Waals surface area contributed by atoms with E-state index >= 15 is 0 Å². The van der Waals surface area contributed by atoms with Gasteiger partial charge in [-0.3, -0.25) is 4.79 Å². The molecule has 5 rings (SSSR count). The fraction of sp³-hybridized carbons (Fsp3) is 0.308. The second-order valence-corrected chi connectivity index (χ2v) is 9.53. The highest BCUT2D eigenvalue weighted by atomic mass is 79.9. The third kappa shape index (κ3) is 4.00. The average Bonchev–Trinajstić information content (AvgIpc) is 3.64. The Hall–Kier alpha value is -4.07. The molecule has 0 aliphatic carbocycles. The number of hydrogen-bond acceptors (Lipinski definition) is 8. The van der Waals surface area contributed by atoms with Gasteiger partial charge in [0.25, 0.3) is 5.91 Å². The summed E-state index contributed by atoms with van der Waals surface area (Å²) in [6, 6.07) is 4.26. The summed E-state index contributed by atoms with van der Waals surface area (Å²) in [6.07, 6.45) is -4.95. The molecule has 2 aromatic carbocycles. The van der Waals surface area contributed by atoms with E-state index < -0.39 is 41.0 Å². The fourth-order valence-corrected chi connectivity index (χ4v) is 5.66. The van der Waals surface area contributed by atoms with Crippen LogP contribution in [0.25, 0.3) is 21.9 Å². The minimum Gasteiger partial charge on any atom is -0.506 e. The fourth-order valence-electron chi connectivity index (χ4n) is 5.13. The molecule has 0 saturated heterocycles. The number of nitrogens with zero attached hydrogens (tertiary/aromatic N) is 1. The van der Waals surface area contributed by atoms with Gasteiger partial charge in [0.05, 0.1) is 45.2 Å². The summed E-state index contributed by atoms with van der Waals surface area (Å²) in [5.74, 6) is -2.31. The van der Waals surface area contributed by atoms with E-state index in [4.69, 9.17) is 18.6 Å². The number of aromatic nitrogens is 1. The van der Waals surface area contributed by atoms with Crippen LogP contribution in [0.3, 0.4) is 0 Å². The first-order valence-corrected chi connectivity index (χ1v) is 12.8. The number of anilines is 1. The van der Waals surface area contributed by atoms with Gasteiger partial charge in [-0.05, 0) is 17.7 Å². The van der Waals surface area contributed by atoms with Crippen molar-refractivity contribution < 1.29 is 51.2 Å². The normalized spacial score (nSPS) is 15.0. The van der Waals surface area contributed by atoms with Crippen molar-refractivity contribution in [1.29, 1.82) is 0 Å². The first-order chi connectivity index (χ1) is 19.0. The number of phenolic OH excluding ortho intramolecular Hbond substituents is 1. The quantitative estimate of drug-likeness (QED) is 0.210. The van der Waals surface area contributed by atoms with Crippen LogP contribution >= 0.6 is 15.9 Å². The van der Waals surface area contributed by atoms with E-state index in [1.165, 1.54) is 38.4 Å². The maximum atomic E-state index is 13.9. The summed E-state index contributed by atoms with van der Waals surface area (Å²) < 4.78 is 68.4. The lowest BCUT2D eigenvalue weighted by molar-refractivity contribution is -0.141. The van der Waals surface area contributed by atoms with E-state index in [2.05, 4.69) is 25.7 Å². The van der Waals surface area contributed by atoms with Crippen molar-refractivity contribution in [3.8, 4) is 23.0 Å². The molecule has 14 heteroatoms. The third-order valence-corrected chi connectivity index (χ3v) is 7.59. The van der Waals surface area contributed by atoms with Crippen LogP contribution in [-0.2, 0) is 10.9 Å². The van der Waals surface area contributed by atoms with Gasteiger partial charge in [-0.25, -0.2) is 4.79 Å². The first kappa shape index (κ1) is 27.5. The van der Waals surface area contributed by atoms with Crippen molar-refractivity contribution in [2.75, 3.05) is 45.2 Å². The van der Waals surface area contributed by atoms with E-state index in [1.807, 2.05) is 0 Å². The van der Waals surface area contributed by atoms with Crippen LogP contribution in [0.4, 0.5) is 18.9 Å². The molecule has 1 aliphatic heterocycles. The SMILES string of the molecule is COC(=O)c1c(C(F)(F)F)[nH]c2c(O)cc3c(c12)[C@H](CBr)CN3C(=O)c1cc2cc(OC)c(OC)c(OC)c2o1. The number of esters is 1. The molecular formula is C26H22BrF3N2O8. The third-order valence-electron chi connectivity index (χ3n) is 6.80. The monoisotopic (exact) mass is 626 g/mol. The number of halogens is 4. The van der Waals surface area contributed by atoms with Gasteiger partial charge in [0, 0.05) is 34.6 Å². The van der Waals surface area contributed by atoms with Gasteiger partial charge in [0.15, 0.2) is 17.1 Å². The molecule has 1 atom stereocenters. The van der Waals surface area contributed by atoms with E-state index in [0.29, 0.717) is 11.1 Å². The first-order valence-electron chi connectivity index (χ1n) is 11.7. The number of aromatic hydroxyl groups is 1. The largest absolute Gasteiger partial charge is 0.506 e. The summed E-state index contributed by atoms with van der Waals surface area (Å²) >= 11 is 3.37. The molecule has 40 heavy (non-hydrogen) atoms. The zero-order chi connectivity index (χ0) is 29.1. The number of nitrogens with one attached hydrogen (secondary N) is 1. The zero-order valence-electron chi connectivity index (χ0n) is 21.5. The Morgan fingerprint density at radius 1 is 1.12 bits per heavy atom. The highest BCUT2D eigenvalue weighted by Crippen LogP contribution is 2.50. The zero-order valence-corrected chi connectivity index (χ0v) is 23.1. The molecule has 2 aromatic heterocycles. The number of H-pyrrole nitrogens is 1. The van der Waals surface area contributed by atoms with E-state index in [9.17, 15) is 27.9 Å². The van der Waals surface area contributed by atoms with Crippen LogP contribution in [0.1, 0.15) is 38.1 Å². The number of ether oxygens (including phenoxy) is 4. The van der Waals surface area contributed by atoms with Crippen LogP contribution in [-0.4, -0.2) is 62.3 Å². The predicted octanol–water partition coefficient (Wildman–Crippen LogP) is 5.59. The van der Waals surface area contributed by atoms with Crippen LogP contribution < -0.4 is 19.1 Å². The Balaban J connectivity index is 1.71. The summed E-state index contributed by atoms with van der Waals surface area (Å²) in [4.78, 5) is 29.8. The number of benzene rings is 2. The molecule has 1 aliphatic rings. The van der Waals surface area contributed by atoms with Gasteiger partial charge in [-0.15, -0.1) is 0 Å². The smallest absolute Gasteiger partial charge is 0.432 e. The van der Waals surface area contributed by atoms with Crippen molar-refractivity contribution in [2.24, 2.45) is 0 Å². The van der Waals surface area contributed by atoms with Gasteiger partial charge in [0.2, 0.25) is 11.5 Å². The number of furan rings is 1. The van der Waals surface area contributed by atoms with Crippen LogP contribution in [0, 0.1) is 0 Å². The lowest BCUT2D eigenvalue weighted by Gasteiger charge is -2.16. The minimum atomic E-state index is -4.95. The molecule has 1 amide bonds. The number of phenols is 1. The summed E-state index contributed by atoms with van der Waals surface area (Å²) in [5.41, 5.74) is -1.82. The van der Waals surface area contributed by atoms with Crippen LogP contribution in [0.5, 0.6) is 23.0 Å². The second-order valence-electron chi connectivity index (χ2n) is 8.88. The highest BCUT2D eigenvalue weighted by Gasteiger charge is 2.44. The number of hydrogen-bond donors (Lipinski definition) is 2. The number of carbonyl (C=O) groups is 2. The summed E-state index contributed by atoms with van der Waals surface area (Å²) in [6.45, 7) is 0.0198. The topological polar surface area (TPSA) is 123 Å². The van der Waals surface area contributed by atoms with Crippen LogP contribution in [0.15, 0.2) is 22.6 Å². The molecule has 0 unspecified atom stereocenters. The molecular weight excluding hydrogens is 605 g/mol. The number of alkyl halides is 4. The number of fused-ring (bicyclic) bond motifs is 4. The number of rotatable bonds is 6. The Kier molecular flexibility index (Phi) is 6.76. The Morgan fingerprint density at radius 2 is 1.82 bits per heavy atom. The van der Waals surface area contributed by atoms with E-state index in [-0.39, 0.29) is 56.9 Å². The summed E-state index contributed by atoms with van der Waals surface area (Å²) in [7, 11) is 5.22. The van der Waals surface area contributed by atoms with Crippen molar-refractivity contribution in [3.63, 3.8) is 0 Å². The summed E-state index contributed by atoms with van der Waals surface area (Å²) in [5, 5.41) is 11.3. The van der Waals surface area contributed by atoms with Gasteiger partial charge < -0.3 is 38.4 Å². The number of carbonyl (C=O) groups excluding carboxylic acids is 2.